The van der Waals surface area contributed by atoms with Crippen molar-refractivity contribution in [3.63, 3.8) is 0 Å². The van der Waals surface area contributed by atoms with Gasteiger partial charge < -0.3 is 5.32 Å². The molecule has 0 saturated carbocycles. The van der Waals surface area contributed by atoms with E-state index in [1.165, 1.54) is 12.8 Å². The number of hydrogen-bond acceptors (Lipinski definition) is 1. The summed E-state index contributed by atoms with van der Waals surface area (Å²) in [5.41, 5.74) is 1.56. The maximum atomic E-state index is 14.0. The first-order valence-electron chi connectivity index (χ1n) is 6.69. The second-order valence-corrected chi connectivity index (χ2v) is 4.58. The van der Waals surface area contributed by atoms with Crippen molar-refractivity contribution in [1.82, 2.24) is 5.32 Å². The molecule has 1 N–H and O–H groups in total. The Morgan fingerprint density at radius 3 is 2.65 bits per heavy atom. The molecule has 0 aliphatic rings. The Kier molecular flexibility index (Phi) is 6.20. The number of hydrogen-bond donors (Lipinski definition) is 1. The van der Waals surface area contributed by atoms with Crippen LogP contribution >= 0.6 is 0 Å². The minimum absolute atomic E-state index is 0.0463. The van der Waals surface area contributed by atoms with Gasteiger partial charge in [-0.2, -0.15) is 0 Å². The van der Waals surface area contributed by atoms with Crippen LogP contribution in [-0.2, 0) is 0 Å². The summed E-state index contributed by atoms with van der Waals surface area (Å²) in [6.07, 6.45) is 4.59. The smallest absolute Gasteiger partial charge is 0.130 e. The van der Waals surface area contributed by atoms with E-state index >= 15 is 0 Å². The molecule has 0 spiro atoms. The average Bonchev–Trinajstić information content (AvgIpc) is 2.32. The van der Waals surface area contributed by atoms with Crippen LogP contribution in [0.3, 0.4) is 0 Å². The van der Waals surface area contributed by atoms with E-state index in [0.717, 1.165) is 30.5 Å². The van der Waals surface area contributed by atoms with Gasteiger partial charge in [0.05, 0.1) is 0 Å². The van der Waals surface area contributed by atoms with Gasteiger partial charge in [0.1, 0.15) is 5.82 Å². The molecule has 1 aromatic carbocycles. The molecule has 1 atom stereocenters. The predicted octanol–water partition coefficient (Wildman–Crippen LogP) is 4.37. The molecule has 0 amide bonds. The highest BCUT2D eigenvalue weighted by molar-refractivity contribution is 5.27. The lowest BCUT2D eigenvalue weighted by molar-refractivity contribution is 0.462. The Morgan fingerprint density at radius 2 is 2.00 bits per heavy atom. The summed E-state index contributed by atoms with van der Waals surface area (Å²) >= 11 is 0. The number of rotatable bonds is 7. The van der Waals surface area contributed by atoms with Gasteiger partial charge >= 0.3 is 0 Å². The zero-order chi connectivity index (χ0) is 12.7. The first-order chi connectivity index (χ1) is 8.20. The van der Waals surface area contributed by atoms with Gasteiger partial charge in [0.25, 0.3) is 0 Å². The number of benzene rings is 1. The molecule has 17 heavy (non-hydrogen) atoms. The monoisotopic (exact) mass is 237 g/mol. The predicted molar refractivity (Wildman–Crippen MR) is 71.7 cm³/mol. The van der Waals surface area contributed by atoms with E-state index in [0.29, 0.717) is 0 Å². The second kappa shape index (κ2) is 7.44. The van der Waals surface area contributed by atoms with Gasteiger partial charge in [-0.05, 0) is 25.5 Å². The molecule has 0 saturated heterocycles. The molecule has 0 heterocycles. The van der Waals surface area contributed by atoms with Crippen LogP contribution in [0.5, 0.6) is 0 Å². The highest BCUT2D eigenvalue weighted by Gasteiger charge is 2.15. The average molecular weight is 237 g/mol. The molecule has 96 valence electrons. The lowest BCUT2D eigenvalue weighted by atomic mass is 9.98. The molecule has 0 bridgehead atoms. The van der Waals surface area contributed by atoms with Crippen LogP contribution < -0.4 is 5.32 Å². The van der Waals surface area contributed by atoms with E-state index in [1.54, 1.807) is 0 Å². The van der Waals surface area contributed by atoms with Crippen LogP contribution in [0.2, 0.25) is 0 Å². The van der Waals surface area contributed by atoms with Crippen LogP contribution in [0.25, 0.3) is 0 Å². The maximum Gasteiger partial charge on any atom is 0.130 e. The summed E-state index contributed by atoms with van der Waals surface area (Å²) in [6.45, 7) is 6.97. The number of nitrogens with one attached hydrogen (secondary N) is 1. The molecule has 0 radical (unpaired) electrons. The van der Waals surface area contributed by atoms with Crippen molar-refractivity contribution in [2.45, 2.75) is 52.5 Å². The third-order valence-corrected chi connectivity index (χ3v) is 3.14. The zero-order valence-electron chi connectivity index (χ0n) is 11.2. The summed E-state index contributed by atoms with van der Waals surface area (Å²) in [5.74, 6) is -0.0463. The van der Waals surface area contributed by atoms with Crippen molar-refractivity contribution in [2.75, 3.05) is 6.54 Å². The fourth-order valence-corrected chi connectivity index (χ4v) is 2.15. The second-order valence-electron chi connectivity index (χ2n) is 4.58. The van der Waals surface area contributed by atoms with Gasteiger partial charge in [0.2, 0.25) is 0 Å². The fourth-order valence-electron chi connectivity index (χ4n) is 2.15. The van der Waals surface area contributed by atoms with Crippen molar-refractivity contribution in [3.05, 3.63) is 35.1 Å². The number of unbranched alkanes of at least 4 members (excludes halogenated alkanes) is 2. The van der Waals surface area contributed by atoms with E-state index in [2.05, 4.69) is 19.2 Å². The Bertz CT molecular complexity index is 336. The third kappa shape index (κ3) is 4.12. The summed E-state index contributed by atoms with van der Waals surface area (Å²) in [6, 6.07) is 5.83. The van der Waals surface area contributed by atoms with E-state index in [4.69, 9.17) is 0 Å². The highest BCUT2D eigenvalue weighted by atomic mass is 19.1. The quantitative estimate of drug-likeness (QED) is 0.695. The molecule has 1 aromatic rings. The molecule has 0 aliphatic heterocycles. The normalized spacial score (nSPS) is 12.7. The summed E-state index contributed by atoms with van der Waals surface area (Å²) in [5, 5.41) is 3.39. The van der Waals surface area contributed by atoms with Crippen LogP contribution in [0.1, 0.15) is 56.7 Å². The highest BCUT2D eigenvalue weighted by Crippen LogP contribution is 2.24. The van der Waals surface area contributed by atoms with Gasteiger partial charge in [-0.25, -0.2) is 4.39 Å². The minimum atomic E-state index is -0.0463. The standard InChI is InChI=1S/C15H24FN/c1-4-6-7-11-14(17-5-2)13-10-8-9-12(3)15(13)16/h8-10,14,17H,4-7,11H2,1-3H3. The molecule has 1 nitrogen and oxygen atoms in total. The van der Waals surface area contributed by atoms with Crippen LogP contribution in [0.15, 0.2) is 18.2 Å². The number of halogens is 1. The summed E-state index contributed by atoms with van der Waals surface area (Å²) < 4.78 is 14.0. The van der Waals surface area contributed by atoms with Gasteiger partial charge in [0.15, 0.2) is 0 Å². The summed E-state index contributed by atoms with van der Waals surface area (Å²) in [4.78, 5) is 0. The Morgan fingerprint density at radius 1 is 1.24 bits per heavy atom. The summed E-state index contributed by atoms with van der Waals surface area (Å²) in [7, 11) is 0. The maximum absolute atomic E-state index is 14.0. The lowest BCUT2D eigenvalue weighted by Crippen LogP contribution is -2.22. The lowest BCUT2D eigenvalue weighted by Gasteiger charge is -2.19. The van der Waals surface area contributed by atoms with Gasteiger partial charge in [0, 0.05) is 11.6 Å². The molecule has 1 unspecified atom stereocenters. The van der Waals surface area contributed by atoms with Gasteiger partial charge in [-0.3, -0.25) is 0 Å². The van der Waals surface area contributed by atoms with E-state index in [9.17, 15) is 4.39 Å². The number of aryl methyl sites for hydroxylation is 1. The molecule has 0 fully saturated rings. The first-order valence-corrected chi connectivity index (χ1v) is 6.69. The minimum Gasteiger partial charge on any atom is -0.310 e. The largest absolute Gasteiger partial charge is 0.310 e. The van der Waals surface area contributed by atoms with E-state index in [-0.39, 0.29) is 11.9 Å². The van der Waals surface area contributed by atoms with Gasteiger partial charge in [-0.1, -0.05) is 51.3 Å². The van der Waals surface area contributed by atoms with Crippen LogP contribution in [0, 0.1) is 12.7 Å². The fraction of sp³-hybridized carbons (Fsp3) is 0.600. The van der Waals surface area contributed by atoms with Crippen molar-refractivity contribution in [2.24, 2.45) is 0 Å². The molecule has 0 aliphatic carbocycles. The van der Waals surface area contributed by atoms with Gasteiger partial charge in [-0.15, -0.1) is 0 Å². The molecule has 0 aromatic heterocycles. The van der Waals surface area contributed by atoms with E-state index < -0.39 is 0 Å². The Balaban J connectivity index is 2.77. The van der Waals surface area contributed by atoms with E-state index in [1.807, 2.05) is 25.1 Å². The zero-order valence-corrected chi connectivity index (χ0v) is 11.2. The molecule has 1 rings (SSSR count). The third-order valence-electron chi connectivity index (χ3n) is 3.14. The SMILES string of the molecule is CCCCCC(NCC)c1cccc(C)c1F. The molecule has 2 heteroatoms. The van der Waals surface area contributed by atoms with Crippen molar-refractivity contribution in [1.29, 1.82) is 0 Å². The molecular formula is C15H24FN. The Labute approximate surface area is 104 Å². The topological polar surface area (TPSA) is 12.0 Å². The van der Waals surface area contributed by atoms with Crippen molar-refractivity contribution < 1.29 is 4.39 Å². The van der Waals surface area contributed by atoms with Crippen LogP contribution in [0.4, 0.5) is 4.39 Å². The van der Waals surface area contributed by atoms with Crippen LogP contribution in [-0.4, -0.2) is 6.54 Å². The molecular weight excluding hydrogens is 213 g/mol. The van der Waals surface area contributed by atoms with Crippen molar-refractivity contribution in [3.8, 4) is 0 Å². The first kappa shape index (κ1) is 14.2. The Hall–Kier alpha value is -0.890. The van der Waals surface area contributed by atoms with Crippen molar-refractivity contribution >= 4 is 0 Å².